The average molecular weight is 346 g/mol. The Balaban J connectivity index is 1.35. The van der Waals surface area contributed by atoms with Crippen molar-refractivity contribution in [3.63, 3.8) is 0 Å². The average Bonchev–Trinajstić information content (AvgIpc) is 3.32. The number of benzene rings is 2. The third-order valence-corrected chi connectivity index (χ3v) is 5.94. The maximum Gasteiger partial charge on any atom is 0.252 e. The number of rotatable bonds is 3. The summed E-state index contributed by atoms with van der Waals surface area (Å²) >= 11 is 0. The predicted octanol–water partition coefficient (Wildman–Crippen LogP) is 2.22. The molecule has 4 atom stereocenters. The van der Waals surface area contributed by atoms with E-state index in [0.717, 1.165) is 27.8 Å². The molecule has 1 heterocycles. The summed E-state index contributed by atoms with van der Waals surface area (Å²) in [5.41, 5.74) is 3.43. The fourth-order valence-corrected chi connectivity index (χ4v) is 4.80. The van der Waals surface area contributed by atoms with Gasteiger partial charge in [0.15, 0.2) is 0 Å². The Morgan fingerprint density at radius 2 is 1.62 bits per heavy atom. The van der Waals surface area contributed by atoms with Gasteiger partial charge >= 0.3 is 0 Å². The Kier molecular flexibility index (Phi) is 3.26. The van der Waals surface area contributed by atoms with Gasteiger partial charge < -0.3 is 0 Å². The Hall–Kier alpha value is -2.95. The molecule has 2 aromatic carbocycles. The highest BCUT2D eigenvalue weighted by molar-refractivity contribution is 6.07. The van der Waals surface area contributed by atoms with Crippen LogP contribution < -0.4 is 5.43 Å². The maximum absolute atomic E-state index is 12.6. The van der Waals surface area contributed by atoms with E-state index in [1.165, 1.54) is 0 Å². The molecular weight excluding hydrogens is 328 g/mol. The fourth-order valence-electron chi connectivity index (χ4n) is 4.80. The molecule has 3 amide bonds. The molecule has 2 bridgehead atoms. The molecule has 5 heteroatoms. The number of hydrazine groups is 1. The molecule has 3 aliphatic rings. The Morgan fingerprint density at radius 3 is 2.35 bits per heavy atom. The molecule has 130 valence electrons. The SMILES string of the molecule is O=C(Cc1cccc2ccccc12)NN1C(=O)[C@@H]2[C@@H](C1=O)[C@@H]1C=C[C@@H]2C1. The van der Waals surface area contributed by atoms with Crippen molar-refractivity contribution in [2.75, 3.05) is 0 Å². The number of nitrogens with zero attached hydrogens (tertiary/aromatic N) is 1. The quantitative estimate of drug-likeness (QED) is 0.684. The molecular formula is C21H18N2O3. The second-order valence-corrected chi connectivity index (χ2v) is 7.36. The van der Waals surface area contributed by atoms with Crippen LogP contribution in [0.3, 0.4) is 0 Å². The minimum absolute atomic E-state index is 0.124. The summed E-state index contributed by atoms with van der Waals surface area (Å²) in [5.74, 6) is -1.18. The van der Waals surface area contributed by atoms with Gasteiger partial charge in [-0.1, -0.05) is 54.6 Å². The zero-order valence-corrected chi connectivity index (χ0v) is 14.1. The van der Waals surface area contributed by atoms with E-state index in [1.54, 1.807) is 0 Å². The predicted molar refractivity (Wildman–Crippen MR) is 95.4 cm³/mol. The highest BCUT2D eigenvalue weighted by atomic mass is 16.2. The van der Waals surface area contributed by atoms with Crippen LogP contribution in [0.15, 0.2) is 54.6 Å². The molecule has 5 rings (SSSR count). The molecule has 0 spiro atoms. The topological polar surface area (TPSA) is 66.5 Å². The number of allylic oxidation sites excluding steroid dienone is 2. The molecule has 2 aromatic rings. The number of hydrogen-bond acceptors (Lipinski definition) is 3. The molecule has 0 radical (unpaired) electrons. The first-order chi connectivity index (χ1) is 12.6. The zero-order chi connectivity index (χ0) is 17.8. The van der Waals surface area contributed by atoms with Gasteiger partial charge in [0.2, 0.25) is 5.91 Å². The van der Waals surface area contributed by atoms with Gasteiger partial charge in [0.1, 0.15) is 0 Å². The highest BCUT2D eigenvalue weighted by Gasteiger charge is 2.59. The third-order valence-electron chi connectivity index (χ3n) is 5.94. The molecule has 2 aliphatic carbocycles. The first-order valence-corrected chi connectivity index (χ1v) is 8.96. The van der Waals surface area contributed by atoms with Crippen molar-refractivity contribution in [3.8, 4) is 0 Å². The van der Waals surface area contributed by atoms with Crippen LogP contribution in [0.25, 0.3) is 10.8 Å². The van der Waals surface area contributed by atoms with Crippen molar-refractivity contribution in [2.24, 2.45) is 23.7 Å². The normalized spacial score (nSPS) is 28.8. The van der Waals surface area contributed by atoms with Gasteiger partial charge in [-0.05, 0) is 34.6 Å². The number of hydrogen-bond donors (Lipinski definition) is 1. The summed E-state index contributed by atoms with van der Waals surface area (Å²) in [6.07, 6.45) is 5.08. The monoisotopic (exact) mass is 346 g/mol. The minimum atomic E-state index is -0.344. The summed E-state index contributed by atoms with van der Waals surface area (Å²) < 4.78 is 0. The van der Waals surface area contributed by atoms with Gasteiger partial charge in [-0.25, -0.2) is 0 Å². The van der Waals surface area contributed by atoms with Crippen LogP contribution in [0.4, 0.5) is 0 Å². The standard InChI is InChI=1S/C21H18N2O3/c24-17(11-13-6-3-5-12-4-1-2-7-16(12)13)22-23-20(25)18-14-8-9-15(10-14)19(18)21(23)26/h1-9,14-15,18-19H,10-11H2,(H,22,24)/t14-,15-,18+,19+/m1/s1. The number of fused-ring (bicyclic) bond motifs is 6. The van der Waals surface area contributed by atoms with Crippen LogP contribution in [0.2, 0.25) is 0 Å². The number of carbonyl (C=O) groups is 3. The Labute approximate surface area is 150 Å². The summed E-state index contributed by atoms with van der Waals surface area (Å²) in [6.45, 7) is 0. The lowest BCUT2D eigenvalue weighted by atomic mass is 9.85. The molecule has 1 saturated carbocycles. The van der Waals surface area contributed by atoms with E-state index in [4.69, 9.17) is 0 Å². The van der Waals surface area contributed by atoms with Gasteiger partial charge in [0, 0.05) is 0 Å². The molecule has 5 nitrogen and oxygen atoms in total. The van der Waals surface area contributed by atoms with Gasteiger partial charge in [0.05, 0.1) is 18.3 Å². The van der Waals surface area contributed by atoms with E-state index < -0.39 is 0 Å². The summed E-state index contributed by atoms with van der Waals surface area (Å²) in [5, 5.41) is 3.03. The highest BCUT2D eigenvalue weighted by Crippen LogP contribution is 2.52. The van der Waals surface area contributed by atoms with Crippen LogP contribution >= 0.6 is 0 Å². The molecule has 0 aromatic heterocycles. The Bertz CT molecular complexity index is 945. The van der Waals surface area contributed by atoms with Crippen LogP contribution in [-0.4, -0.2) is 22.7 Å². The van der Waals surface area contributed by atoms with Crippen LogP contribution in [-0.2, 0) is 20.8 Å². The lowest BCUT2D eigenvalue weighted by molar-refractivity contribution is -0.149. The summed E-state index contributed by atoms with van der Waals surface area (Å²) in [4.78, 5) is 37.8. The van der Waals surface area contributed by atoms with Gasteiger partial charge in [-0.2, -0.15) is 5.01 Å². The summed E-state index contributed by atoms with van der Waals surface area (Å²) in [6, 6.07) is 13.6. The molecule has 2 fully saturated rings. The van der Waals surface area contributed by atoms with Crippen molar-refractivity contribution in [1.29, 1.82) is 0 Å². The van der Waals surface area contributed by atoms with Crippen molar-refractivity contribution in [1.82, 2.24) is 10.4 Å². The van der Waals surface area contributed by atoms with E-state index in [1.807, 2.05) is 54.6 Å². The van der Waals surface area contributed by atoms with E-state index in [9.17, 15) is 14.4 Å². The van der Waals surface area contributed by atoms with Gasteiger partial charge in [-0.15, -0.1) is 0 Å². The van der Waals surface area contributed by atoms with E-state index in [-0.39, 0.29) is 47.8 Å². The molecule has 26 heavy (non-hydrogen) atoms. The number of carbonyl (C=O) groups excluding carboxylic acids is 3. The number of amides is 3. The van der Waals surface area contributed by atoms with Crippen molar-refractivity contribution in [2.45, 2.75) is 12.8 Å². The first-order valence-electron chi connectivity index (χ1n) is 8.96. The van der Waals surface area contributed by atoms with Crippen molar-refractivity contribution in [3.05, 3.63) is 60.2 Å². The van der Waals surface area contributed by atoms with Crippen molar-refractivity contribution < 1.29 is 14.4 Å². The lowest BCUT2D eigenvalue weighted by Crippen LogP contribution is -2.47. The van der Waals surface area contributed by atoms with E-state index in [2.05, 4.69) is 5.43 Å². The fraction of sp³-hybridized carbons (Fsp3) is 0.286. The van der Waals surface area contributed by atoms with E-state index in [0.29, 0.717) is 0 Å². The van der Waals surface area contributed by atoms with Crippen LogP contribution in [0.1, 0.15) is 12.0 Å². The maximum atomic E-state index is 12.6. The van der Waals surface area contributed by atoms with Crippen molar-refractivity contribution >= 4 is 28.5 Å². The second-order valence-electron chi connectivity index (χ2n) is 7.36. The molecule has 1 N–H and O–H groups in total. The number of imide groups is 1. The Morgan fingerprint density at radius 1 is 0.962 bits per heavy atom. The smallest absolute Gasteiger partial charge is 0.252 e. The molecule has 1 saturated heterocycles. The minimum Gasteiger partial charge on any atom is -0.273 e. The largest absolute Gasteiger partial charge is 0.273 e. The number of nitrogens with one attached hydrogen (secondary N) is 1. The lowest BCUT2D eigenvalue weighted by Gasteiger charge is -2.18. The van der Waals surface area contributed by atoms with Gasteiger partial charge in [-0.3, -0.25) is 19.8 Å². The van der Waals surface area contributed by atoms with Gasteiger partial charge in [0.25, 0.3) is 11.8 Å². The van der Waals surface area contributed by atoms with Crippen LogP contribution in [0.5, 0.6) is 0 Å². The summed E-state index contributed by atoms with van der Waals surface area (Å²) in [7, 11) is 0. The third kappa shape index (κ3) is 2.13. The zero-order valence-electron chi connectivity index (χ0n) is 14.1. The van der Waals surface area contributed by atoms with E-state index >= 15 is 0 Å². The molecule has 1 aliphatic heterocycles. The first kappa shape index (κ1) is 15.3. The molecule has 0 unspecified atom stereocenters. The second kappa shape index (κ2) is 5.53. The van der Waals surface area contributed by atoms with Crippen LogP contribution in [0, 0.1) is 23.7 Å².